The summed E-state index contributed by atoms with van der Waals surface area (Å²) in [6, 6.07) is 6.16. The molecule has 1 saturated carbocycles. The Bertz CT molecular complexity index is 483. The molecule has 0 spiro atoms. The summed E-state index contributed by atoms with van der Waals surface area (Å²) in [4.78, 5) is 13.8. The zero-order chi connectivity index (χ0) is 14.7. The van der Waals surface area contributed by atoms with Crippen molar-refractivity contribution in [3.05, 3.63) is 34.9 Å². The number of halogens is 1. The number of hydrogen-bond donors (Lipinski definition) is 1. The first kappa shape index (κ1) is 15.3. The first-order valence-corrected chi connectivity index (χ1v) is 7.61. The predicted molar refractivity (Wildman–Crippen MR) is 80.8 cm³/mol. The summed E-state index contributed by atoms with van der Waals surface area (Å²) in [5, 5.41) is 9.37. The van der Waals surface area contributed by atoms with Crippen LogP contribution in [0, 0.1) is 19.8 Å². The van der Waals surface area contributed by atoms with Gasteiger partial charge in [-0.05, 0) is 49.3 Å². The molecule has 3 nitrogen and oxygen atoms in total. The molecule has 0 atom stereocenters. The van der Waals surface area contributed by atoms with Crippen LogP contribution < -0.4 is 0 Å². The minimum atomic E-state index is -0.186. The molecular formula is C16H22ClNO2. The first-order valence-electron chi connectivity index (χ1n) is 7.08. The maximum Gasteiger partial charge on any atom is 0.237 e. The highest BCUT2D eigenvalue weighted by Gasteiger charge is 2.30. The summed E-state index contributed by atoms with van der Waals surface area (Å²) in [6.07, 6.45) is 1.39. The normalized spacial score (nSPS) is 21.4. The van der Waals surface area contributed by atoms with Gasteiger partial charge in [0.25, 0.3) is 0 Å². The Morgan fingerprint density at radius 1 is 1.40 bits per heavy atom. The van der Waals surface area contributed by atoms with Crippen LogP contribution in [-0.4, -0.2) is 34.4 Å². The fourth-order valence-electron chi connectivity index (χ4n) is 2.69. The average molecular weight is 296 g/mol. The number of hydrogen-bond acceptors (Lipinski definition) is 2. The van der Waals surface area contributed by atoms with Crippen LogP contribution in [0.4, 0.5) is 0 Å². The van der Waals surface area contributed by atoms with Gasteiger partial charge in [0, 0.05) is 13.1 Å². The monoisotopic (exact) mass is 295 g/mol. The van der Waals surface area contributed by atoms with Crippen molar-refractivity contribution >= 4 is 17.5 Å². The second kappa shape index (κ2) is 6.59. The number of aliphatic hydroxyl groups excluding tert-OH is 1. The molecule has 1 aromatic rings. The number of aryl methyl sites for hydroxylation is 1. The van der Waals surface area contributed by atoms with Crippen molar-refractivity contribution in [3.63, 3.8) is 0 Å². The lowest BCUT2D eigenvalue weighted by molar-refractivity contribution is -0.131. The van der Waals surface area contributed by atoms with E-state index in [0.717, 1.165) is 12.8 Å². The maximum atomic E-state index is 12.0. The van der Waals surface area contributed by atoms with Crippen molar-refractivity contribution in [2.75, 3.05) is 12.4 Å². The smallest absolute Gasteiger partial charge is 0.237 e. The highest BCUT2D eigenvalue weighted by atomic mass is 35.5. The second-order valence-electron chi connectivity index (χ2n) is 5.76. The Morgan fingerprint density at radius 3 is 2.70 bits per heavy atom. The lowest BCUT2D eigenvalue weighted by atomic mass is 9.82. The number of rotatable bonds is 5. The van der Waals surface area contributed by atoms with Gasteiger partial charge >= 0.3 is 0 Å². The summed E-state index contributed by atoms with van der Waals surface area (Å²) in [5.41, 5.74) is 3.64. The number of amides is 1. The highest BCUT2D eigenvalue weighted by molar-refractivity contribution is 6.27. The molecule has 1 aliphatic carbocycles. The van der Waals surface area contributed by atoms with Crippen LogP contribution in [0.3, 0.4) is 0 Å². The van der Waals surface area contributed by atoms with Crippen molar-refractivity contribution in [1.29, 1.82) is 0 Å². The Hall–Kier alpha value is -1.06. The zero-order valence-electron chi connectivity index (χ0n) is 12.1. The van der Waals surface area contributed by atoms with Crippen molar-refractivity contribution in [3.8, 4) is 0 Å². The summed E-state index contributed by atoms with van der Waals surface area (Å²) in [7, 11) is 0. The van der Waals surface area contributed by atoms with E-state index in [1.54, 1.807) is 0 Å². The summed E-state index contributed by atoms with van der Waals surface area (Å²) in [5.74, 6) is 0.386. The lowest BCUT2D eigenvalue weighted by Gasteiger charge is -2.36. The molecule has 0 unspecified atom stereocenters. The molecule has 0 heterocycles. The topological polar surface area (TPSA) is 40.5 Å². The molecule has 1 N–H and O–H groups in total. The summed E-state index contributed by atoms with van der Waals surface area (Å²) >= 11 is 5.72. The molecule has 1 fully saturated rings. The molecule has 0 aliphatic heterocycles. The van der Waals surface area contributed by atoms with Gasteiger partial charge in [0.05, 0.1) is 6.10 Å². The van der Waals surface area contributed by atoms with Gasteiger partial charge in [0.15, 0.2) is 0 Å². The molecule has 110 valence electrons. The number of benzene rings is 1. The third-order valence-electron chi connectivity index (χ3n) is 4.23. The molecular weight excluding hydrogens is 274 g/mol. The van der Waals surface area contributed by atoms with Gasteiger partial charge < -0.3 is 10.0 Å². The highest BCUT2D eigenvalue weighted by Crippen LogP contribution is 2.28. The van der Waals surface area contributed by atoms with Crippen LogP contribution in [0.5, 0.6) is 0 Å². The van der Waals surface area contributed by atoms with E-state index in [9.17, 15) is 9.90 Å². The lowest BCUT2D eigenvalue weighted by Crippen LogP contribution is -2.41. The molecule has 0 saturated heterocycles. The van der Waals surface area contributed by atoms with E-state index in [4.69, 9.17) is 11.6 Å². The molecule has 20 heavy (non-hydrogen) atoms. The van der Waals surface area contributed by atoms with Crippen LogP contribution in [0.25, 0.3) is 0 Å². The van der Waals surface area contributed by atoms with E-state index < -0.39 is 0 Å². The number of carbonyl (C=O) groups is 1. The molecule has 0 radical (unpaired) electrons. The van der Waals surface area contributed by atoms with Crippen molar-refractivity contribution < 1.29 is 9.90 Å². The second-order valence-corrected chi connectivity index (χ2v) is 6.03. The Balaban J connectivity index is 2.07. The molecule has 4 heteroatoms. The maximum absolute atomic E-state index is 12.0. The third-order valence-corrected chi connectivity index (χ3v) is 4.46. The van der Waals surface area contributed by atoms with E-state index >= 15 is 0 Å². The van der Waals surface area contributed by atoms with Gasteiger partial charge in [-0.3, -0.25) is 4.79 Å². The molecule has 2 rings (SSSR count). The van der Waals surface area contributed by atoms with Crippen LogP contribution >= 0.6 is 11.6 Å². The Morgan fingerprint density at radius 2 is 2.10 bits per heavy atom. The Labute approximate surface area is 125 Å². The van der Waals surface area contributed by atoms with Gasteiger partial charge in [-0.25, -0.2) is 0 Å². The van der Waals surface area contributed by atoms with E-state index in [-0.39, 0.29) is 17.9 Å². The predicted octanol–water partition coefficient (Wildman–Crippen LogP) is 2.64. The summed E-state index contributed by atoms with van der Waals surface area (Å²) in [6.45, 7) is 5.46. The third kappa shape index (κ3) is 3.53. The summed E-state index contributed by atoms with van der Waals surface area (Å²) < 4.78 is 0. The van der Waals surface area contributed by atoms with Crippen molar-refractivity contribution in [2.45, 2.75) is 39.3 Å². The van der Waals surface area contributed by atoms with E-state index in [1.165, 1.54) is 16.7 Å². The molecule has 1 aromatic carbocycles. The van der Waals surface area contributed by atoms with Gasteiger partial charge in [-0.1, -0.05) is 18.2 Å². The minimum absolute atomic E-state index is 0.0140. The van der Waals surface area contributed by atoms with Crippen molar-refractivity contribution in [1.82, 2.24) is 4.90 Å². The van der Waals surface area contributed by atoms with Gasteiger partial charge in [-0.15, -0.1) is 11.6 Å². The number of nitrogens with zero attached hydrogens (tertiary/aromatic N) is 1. The number of carbonyl (C=O) groups excluding carboxylic acids is 1. The fraction of sp³-hybridized carbons (Fsp3) is 0.562. The quantitative estimate of drug-likeness (QED) is 0.849. The number of alkyl halides is 1. The fourth-order valence-corrected chi connectivity index (χ4v) is 2.86. The van der Waals surface area contributed by atoms with Crippen molar-refractivity contribution in [2.24, 2.45) is 5.92 Å². The minimum Gasteiger partial charge on any atom is -0.393 e. The Kier molecular flexibility index (Phi) is 5.06. The van der Waals surface area contributed by atoms with Crippen LogP contribution in [-0.2, 0) is 11.3 Å². The van der Waals surface area contributed by atoms with Crippen LogP contribution in [0.1, 0.15) is 29.5 Å². The SMILES string of the molecule is Cc1cccc(CN(CC2CC(O)C2)C(=O)CCl)c1C. The first-order chi connectivity index (χ1) is 9.51. The van der Waals surface area contributed by atoms with Crippen LogP contribution in [0.2, 0.25) is 0 Å². The van der Waals surface area contributed by atoms with Gasteiger partial charge in [0.2, 0.25) is 5.91 Å². The van der Waals surface area contributed by atoms with E-state index in [2.05, 4.69) is 26.0 Å². The number of aliphatic hydroxyl groups is 1. The van der Waals surface area contributed by atoms with E-state index in [0.29, 0.717) is 19.0 Å². The molecule has 0 bridgehead atoms. The molecule has 0 aromatic heterocycles. The standard InChI is InChI=1S/C16H22ClNO2/c1-11-4-3-5-14(12(11)2)10-18(16(20)8-17)9-13-6-15(19)7-13/h3-5,13,15,19H,6-10H2,1-2H3. The largest absolute Gasteiger partial charge is 0.393 e. The van der Waals surface area contributed by atoms with Gasteiger partial charge in [-0.2, -0.15) is 0 Å². The molecule has 1 amide bonds. The van der Waals surface area contributed by atoms with Gasteiger partial charge in [0.1, 0.15) is 5.88 Å². The zero-order valence-corrected chi connectivity index (χ0v) is 12.9. The van der Waals surface area contributed by atoms with Crippen LogP contribution in [0.15, 0.2) is 18.2 Å². The average Bonchev–Trinajstić information content (AvgIpc) is 2.40. The van der Waals surface area contributed by atoms with E-state index in [1.807, 2.05) is 11.0 Å². The molecule has 1 aliphatic rings.